The van der Waals surface area contributed by atoms with Gasteiger partial charge in [-0.15, -0.1) is 11.3 Å². The molecule has 0 saturated carbocycles. The van der Waals surface area contributed by atoms with E-state index in [-0.39, 0.29) is 0 Å². The normalized spacial score (nSPS) is 15.4. The lowest BCUT2D eigenvalue weighted by Gasteiger charge is -2.25. The molecule has 1 heterocycles. The molecule has 0 aliphatic heterocycles. The number of nitrogens with zero attached hydrogens (tertiary/aromatic N) is 1. The van der Waals surface area contributed by atoms with E-state index in [1.165, 1.54) is 17.8 Å². The lowest BCUT2D eigenvalue weighted by atomic mass is 9.85. The van der Waals surface area contributed by atoms with E-state index in [4.69, 9.17) is 0 Å². The van der Waals surface area contributed by atoms with Gasteiger partial charge in [0.1, 0.15) is 0 Å². The molecule has 0 aliphatic rings. The third kappa shape index (κ3) is 3.35. The van der Waals surface area contributed by atoms with Crippen LogP contribution < -0.4 is 0 Å². The van der Waals surface area contributed by atoms with E-state index >= 15 is 0 Å². The fraction of sp³-hybridized carbons (Fsp3) is 0.727. The first-order valence-electron chi connectivity index (χ1n) is 5.06. The third-order valence-corrected chi connectivity index (χ3v) is 4.74. The number of hydrogen-bond acceptors (Lipinski definition) is 2. The molecule has 3 heteroatoms. The Labute approximate surface area is 99.1 Å². The standard InChI is InChI=1S/C11H18BrNS/c1-4-5-11(3,8-12)6-10-13-9(2)7-14-10/h7H,4-6,8H2,1-3H3. The van der Waals surface area contributed by atoms with Crippen LogP contribution in [0.25, 0.3) is 0 Å². The van der Waals surface area contributed by atoms with Crippen molar-refractivity contribution in [3.63, 3.8) is 0 Å². The van der Waals surface area contributed by atoms with Crippen molar-refractivity contribution in [3.05, 3.63) is 16.1 Å². The van der Waals surface area contributed by atoms with Crippen LogP contribution in [0.2, 0.25) is 0 Å². The second kappa shape index (κ2) is 5.26. The van der Waals surface area contributed by atoms with Crippen LogP contribution >= 0.6 is 27.3 Å². The number of hydrogen-bond donors (Lipinski definition) is 0. The minimum Gasteiger partial charge on any atom is -0.247 e. The van der Waals surface area contributed by atoms with E-state index < -0.39 is 0 Å². The molecule has 0 fully saturated rings. The van der Waals surface area contributed by atoms with Crippen LogP contribution in [-0.4, -0.2) is 10.3 Å². The maximum absolute atomic E-state index is 4.52. The molecule has 0 bridgehead atoms. The highest BCUT2D eigenvalue weighted by molar-refractivity contribution is 9.09. The Hall–Kier alpha value is 0.110. The number of thiazole rings is 1. The Morgan fingerprint density at radius 2 is 2.29 bits per heavy atom. The van der Waals surface area contributed by atoms with Crippen LogP contribution in [-0.2, 0) is 6.42 Å². The zero-order valence-electron chi connectivity index (χ0n) is 9.14. The first-order valence-corrected chi connectivity index (χ1v) is 7.07. The van der Waals surface area contributed by atoms with Gasteiger partial charge in [0.25, 0.3) is 0 Å². The SMILES string of the molecule is CCCC(C)(CBr)Cc1nc(C)cs1. The van der Waals surface area contributed by atoms with Crippen molar-refractivity contribution in [1.82, 2.24) is 4.98 Å². The molecule has 0 aromatic carbocycles. The van der Waals surface area contributed by atoms with Gasteiger partial charge in [-0.2, -0.15) is 0 Å². The summed E-state index contributed by atoms with van der Waals surface area (Å²) in [5.74, 6) is 0. The molecule has 14 heavy (non-hydrogen) atoms. The summed E-state index contributed by atoms with van der Waals surface area (Å²) in [5, 5.41) is 4.47. The highest BCUT2D eigenvalue weighted by atomic mass is 79.9. The van der Waals surface area contributed by atoms with E-state index in [1.807, 2.05) is 0 Å². The van der Waals surface area contributed by atoms with Crippen molar-refractivity contribution in [3.8, 4) is 0 Å². The number of aromatic nitrogens is 1. The van der Waals surface area contributed by atoms with Crippen molar-refractivity contribution < 1.29 is 0 Å². The van der Waals surface area contributed by atoms with Crippen LogP contribution in [0.1, 0.15) is 37.4 Å². The Bertz CT molecular complexity index is 285. The molecule has 0 N–H and O–H groups in total. The van der Waals surface area contributed by atoms with Crippen LogP contribution in [0.15, 0.2) is 5.38 Å². The van der Waals surface area contributed by atoms with Crippen molar-refractivity contribution >= 4 is 27.3 Å². The highest BCUT2D eigenvalue weighted by Crippen LogP contribution is 2.31. The van der Waals surface area contributed by atoms with E-state index in [2.05, 4.69) is 47.1 Å². The predicted molar refractivity (Wildman–Crippen MR) is 67.4 cm³/mol. The third-order valence-electron chi connectivity index (χ3n) is 2.42. The van der Waals surface area contributed by atoms with Crippen molar-refractivity contribution in [2.75, 3.05) is 5.33 Å². The Kier molecular flexibility index (Phi) is 4.58. The molecule has 1 aromatic heterocycles. The van der Waals surface area contributed by atoms with Gasteiger partial charge in [0.2, 0.25) is 0 Å². The van der Waals surface area contributed by atoms with Crippen molar-refractivity contribution in [2.24, 2.45) is 5.41 Å². The van der Waals surface area contributed by atoms with Crippen molar-refractivity contribution in [1.29, 1.82) is 0 Å². The fourth-order valence-electron chi connectivity index (χ4n) is 1.65. The summed E-state index contributed by atoms with van der Waals surface area (Å²) < 4.78 is 0. The van der Waals surface area contributed by atoms with Gasteiger partial charge in [-0.1, -0.05) is 36.2 Å². The van der Waals surface area contributed by atoms with Crippen LogP contribution in [0.5, 0.6) is 0 Å². The van der Waals surface area contributed by atoms with E-state index in [9.17, 15) is 0 Å². The molecule has 80 valence electrons. The zero-order chi connectivity index (χ0) is 10.6. The molecule has 0 spiro atoms. The topological polar surface area (TPSA) is 12.9 Å². The monoisotopic (exact) mass is 275 g/mol. The van der Waals surface area contributed by atoms with Gasteiger partial charge in [-0.05, 0) is 18.8 Å². The van der Waals surface area contributed by atoms with Crippen molar-refractivity contribution in [2.45, 2.75) is 40.0 Å². The molecule has 0 aliphatic carbocycles. The molecule has 0 saturated heterocycles. The molecule has 1 nitrogen and oxygen atoms in total. The van der Waals surface area contributed by atoms with Crippen LogP contribution in [0, 0.1) is 12.3 Å². The second-order valence-corrected chi connectivity index (χ2v) is 5.76. The molecule has 1 aromatic rings. The number of aryl methyl sites for hydroxylation is 1. The van der Waals surface area contributed by atoms with Crippen LogP contribution in [0.4, 0.5) is 0 Å². The summed E-state index contributed by atoms with van der Waals surface area (Å²) in [7, 11) is 0. The highest BCUT2D eigenvalue weighted by Gasteiger charge is 2.23. The number of alkyl halides is 1. The van der Waals surface area contributed by atoms with Crippen LogP contribution in [0.3, 0.4) is 0 Å². The number of halogens is 1. The van der Waals surface area contributed by atoms with Gasteiger partial charge >= 0.3 is 0 Å². The maximum atomic E-state index is 4.52. The lowest BCUT2D eigenvalue weighted by molar-refractivity contribution is 0.340. The van der Waals surface area contributed by atoms with E-state index in [0.717, 1.165) is 17.4 Å². The average molecular weight is 276 g/mol. The maximum Gasteiger partial charge on any atom is 0.0933 e. The first-order chi connectivity index (χ1) is 6.59. The summed E-state index contributed by atoms with van der Waals surface area (Å²) in [6, 6.07) is 0. The molecule has 1 atom stereocenters. The summed E-state index contributed by atoms with van der Waals surface area (Å²) >= 11 is 5.40. The smallest absolute Gasteiger partial charge is 0.0933 e. The van der Waals surface area contributed by atoms with Gasteiger partial charge in [0, 0.05) is 22.8 Å². The van der Waals surface area contributed by atoms with E-state index in [1.54, 1.807) is 11.3 Å². The largest absolute Gasteiger partial charge is 0.247 e. The number of rotatable bonds is 5. The van der Waals surface area contributed by atoms with Gasteiger partial charge in [0.15, 0.2) is 0 Å². The summed E-state index contributed by atoms with van der Waals surface area (Å²) in [4.78, 5) is 4.52. The lowest BCUT2D eigenvalue weighted by Crippen LogP contribution is -2.21. The minimum absolute atomic E-state index is 0.374. The minimum atomic E-state index is 0.374. The summed E-state index contributed by atoms with van der Waals surface area (Å²) in [6.45, 7) is 6.64. The Morgan fingerprint density at radius 3 is 2.71 bits per heavy atom. The summed E-state index contributed by atoms with van der Waals surface area (Å²) in [6.07, 6.45) is 3.61. The molecule has 1 unspecified atom stereocenters. The molecular weight excluding hydrogens is 258 g/mol. The Morgan fingerprint density at radius 1 is 1.57 bits per heavy atom. The molecular formula is C11H18BrNS. The first kappa shape index (κ1) is 12.2. The van der Waals surface area contributed by atoms with Gasteiger partial charge in [-0.25, -0.2) is 4.98 Å². The molecule has 0 radical (unpaired) electrons. The summed E-state index contributed by atoms with van der Waals surface area (Å²) in [5.41, 5.74) is 1.53. The molecule has 1 rings (SSSR count). The Balaban J connectivity index is 2.64. The van der Waals surface area contributed by atoms with Gasteiger partial charge < -0.3 is 0 Å². The predicted octanol–water partition coefficient (Wildman–Crippen LogP) is 4.20. The quantitative estimate of drug-likeness (QED) is 0.735. The molecule has 0 amide bonds. The second-order valence-electron chi connectivity index (χ2n) is 4.25. The average Bonchev–Trinajstić information content (AvgIpc) is 2.51. The van der Waals surface area contributed by atoms with Gasteiger partial charge in [-0.3, -0.25) is 0 Å². The van der Waals surface area contributed by atoms with E-state index in [0.29, 0.717) is 5.41 Å². The van der Waals surface area contributed by atoms with Gasteiger partial charge in [0.05, 0.1) is 5.01 Å². The zero-order valence-corrected chi connectivity index (χ0v) is 11.5. The fourth-order valence-corrected chi connectivity index (χ4v) is 3.12.